The van der Waals surface area contributed by atoms with Crippen LogP contribution in [0.1, 0.15) is 36.0 Å². The van der Waals surface area contributed by atoms with Crippen LogP contribution in [0, 0.1) is 6.92 Å². The number of nitrogens with one attached hydrogen (secondary N) is 2. The molecule has 3 rings (SSSR count). The number of nitrogens with zero attached hydrogens (tertiary/aromatic N) is 3. The lowest BCUT2D eigenvalue weighted by Gasteiger charge is -2.31. The van der Waals surface area contributed by atoms with Gasteiger partial charge in [-0.15, -0.1) is 0 Å². The maximum absolute atomic E-state index is 12.4. The molecule has 1 aliphatic heterocycles. The summed E-state index contributed by atoms with van der Waals surface area (Å²) in [6.45, 7) is 3.81. The summed E-state index contributed by atoms with van der Waals surface area (Å²) in [6, 6.07) is 5.36. The third-order valence-corrected chi connectivity index (χ3v) is 4.96. The molecule has 1 aromatic carbocycles. The molecule has 134 valence electrons. The van der Waals surface area contributed by atoms with E-state index < -0.39 is 0 Å². The summed E-state index contributed by atoms with van der Waals surface area (Å²) in [5.41, 5.74) is 0.971. The van der Waals surface area contributed by atoms with Gasteiger partial charge in [0, 0.05) is 35.6 Å². The summed E-state index contributed by atoms with van der Waals surface area (Å²) < 4.78 is 0. The Hall–Kier alpha value is -1.79. The molecule has 6 nitrogen and oxygen atoms in total. The van der Waals surface area contributed by atoms with Crippen LogP contribution in [0.4, 0.5) is 4.79 Å². The number of H-pyrrole nitrogens is 1. The number of piperidine rings is 1. The largest absolute Gasteiger partial charge is 0.338 e. The second-order valence-electron chi connectivity index (χ2n) is 6.28. The fourth-order valence-corrected chi connectivity index (χ4v) is 3.56. The average molecular weight is 382 g/mol. The molecule has 1 aromatic heterocycles. The lowest BCUT2D eigenvalue weighted by atomic mass is 9.98. The van der Waals surface area contributed by atoms with Crippen molar-refractivity contribution >= 4 is 29.2 Å². The smallest absolute Gasteiger partial charge is 0.317 e. The molecular formula is C17H21Cl2N5O. The van der Waals surface area contributed by atoms with Crippen molar-refractivity contribution in [2.75, 3.05) is 19.6 Å². The van der Waals surface area contributed by atoms with Crippen molar-refractivity contribution in [1.29, 1.82) is 0 Å². The van der Waals surface area contributed by atoms with E-state index in [0.717, 1.165) is 36.6 Å². The van der Waals surface area contributed by atoms with E-state index in [-0.39, 0.29) is 11.9 Å². The number of carbonyl (C=O) groups is 1. The van der Waals surface area contributed by atoms with Crippen LogP contribution in [0.5, 0.6) is 0 Å². The molecule has 0 aliphatic carbocycles. The van der Waals surface area contributed by atoms with E-state index in [1.165, 1.54) is 0 Å². The summed E-state index contributed by atoms with van der Waals surface area (Å²) in [4.78, 5) is 18.7. The Balaban J connectivity index is 1.50. The minimum Gasteiger partial charge on any atom is -0.338 e. The third-order valence-electron chi connectivity index (χ3n) is 4.37. The van der Waals surface area contributed by atoms with Crippen molar-refractivity contribution in [1.82, 2.24) is 25.4 Å². The number of amides is 2. The maximum atomic E-state index is 12.4. The van der Waals surface area contributed by atoms with Crippen molar-refractivity contribution in [2.45, 2.75) is 32.1 Å². The normalized spacial score (nSPS) is 17.6. The van der Waals surface area contributed by atoms with Gasteiger partial charge in [-0.05, 0) is 43.9 Å². The molecule has 25 heavy (non-hydrogen) atoms. The van der Waals surface area contributed by atoms with E-state index in [0.29, 0.717) is 29.6 Å². The number of urea groups is 1. The summed E-state index contributed by atoms with van der Waals surface area (Å²) in [5.74, 6) is 1.79. The molecule has 2 aromatic rings. The van der Waals surface area contributed by atoms with E-state index in [1.807, 2.05) is 17.9 Å². The molecule has 1 aliphatic rings. The van der Waals surface area contributed by atoms with E-state index >= 15 is 0 Å². The van der Waals surface area contributed by atoms with E-state index in [1.54, 1.807) is 12.1 Å². The Morgan fingerprint density at radius 1 is 1.44 bits per heavy atom. The Morgan fingerprint density at radius 3 is 3.00 bits per heavy atom. The highest BCUT2D eigenvalue weighted by Gasteiger charge is 2.27. The zero-order chi connectivity index (χ0) is 17.8. The molecule has 0 spiro atoms. The molecule has 2 N–H and O–H groups in total. The van der Waals surface area contributed by atoms with Crippen molar-refractivity contribution in [3.63, 3.8) is 0 Å². The number of aromatic amines is 1. The second kappa shape index (κ2) is 8.06. The van der Waals surface area contributed by atoms with Crippen molar-refractivity contribution in [2.24, 2.45) is 0 Å². The highest BCUT2D eigenvalue weighted by molar-refractivity contribution is 6.35. The standard InChI is InChI=1S/C17H21Cl2N5O/c1-11-21-16(23-22-11)13-3-2-8-24(10-13)17(25)20-7-6-12-4-5-14(18)9-15(12)19/h4-5,9,13H,2-3,6-8,10H2,1H3,(H,20,25)(H,21,22,23)/t13-/m0/s1. The number of hydrogen-bond donors (Lipinski definition) is 2. The first-order valence-electron chi connectivity index (χ1n) is 8.38. The average Bonchev–Trinajstić information content (AvgIpc) is 3.03. The van der Waals surface area contributed by atoms with Crippen LogP contribution in [0.15, 0.2) is 18.2 Å². The van der Waals surface area contributed by atoms with Gasteiger partial charge >= 0.3 is 6.03 Å². The van der Waals surface area contributed by atoms with Gasteiger partial charge in [-0.25, -0.2) is 9.78 Å². The third kappa shape index (κ3) is 4.64. The van der Waals surface area contributed by atoms with Crippen LogP contribution in [0.3, 0.4) is 0 Å². The first-order valence-corrected chi connectivity index (χ1v) is 9.14. The Morgan fingerprint density at radius 2 is 2.28 bits per heavy atom. The molecule has 2 amide bonds. The summed E-state index contributed by atoms with van der Waals surface area (Å²) >= 11 is 12.1. The van der Waals surface area contributed by atoms with Crippen molar-refractivity contribution in [3.8, 4) is 0 Å². The number of carbonyl (C=O) groups excluding carboxylic acids is 1. The molecular weight excluding hydrogens is 361 g/mol. The molecule has 2 heterocycles. The van der Waals surface area contributed by atoms with Crippen molar-refractivity contribution in [3.05, 3.63) is 45.5 Å². The lowest BCUT2D eigenvalue weighted by Crippen LogP contribution is -2.45. The van der Waals surface area contributed by atoms with E-state index in [9.17, 15) is 4.79 Å². The monoisotopic (exact) mass is 381 g/mol. The minimum atomic E-state index is -0.0537. The zero-order valence-electron chi connectivity index (χ0n) is 14.1. The molecule has 0 unspecified atom stereocenters. The lowest BCUT2D eigenvalue weighted by molar-refractivity contribution is 0.178. The number of rotatable bonds is 4. The zero-order valence-corrected chi connectivity index (χ0v) is 15.6. The molecule has 1 saturated heterocycles. The van der Waals surface area contributed by atoms with Gasteiger partial charge in [-0.1, -0.05) is 29.3 Å². The maximum Gasteiger partial charge on any atom is 0.317 e. The van der Waals surface area contributed by atoms with Crippen LogP contribution >= 0.6 is 23.2 Å². The van der Waals surface area contributed by atoms with Crippen LogP contribution in [-0.2, 0) is 6.42 Å². The number of halogens is 2. The van der Waals surface area contributed by atoms with Crippen molar-refractivity contribution < 1.29 is 4.79 Å². The van der Waals surface area contributed by atoms with Gasteiger partial charge in [-0.3, -0.25) is 5.10 Å². The van der Waals surface area contributed by atoms with Gasteiger partial charge in [0.05, 0.1) is 0 Å². The summed E-state index contributed by atoms with van der Waals surface area (Å²) in [5, 5.41) is 11.3. The molecule has 0 saturated carbocycles. The van der Waals surface area contributed by atoms with Crippen LogP contribution < -0.4 is 5.32 Å². The molecule has 1 atom stereocenters. The first kappa shape index (κ1) is 18.0. The highest BCUT2D eigenvalue weighted by atomic mass is 35.5. The first-order chi connectivity index (χ1) is 12.0. The van der Waals surface area contributed by atoms with Crippen LogP contribution in [0.25, 0.3) is 0 Å². The molecule has 1 fully saturated rings. The van der Waals surface area contributed by atoms with Gasteiger partial charge in [0.1, 0.15) is 5.82 Å². The summed E-state index contributed by atoms with van der Waals surface area (Å²) in [7, 11) is 0. The quantitative estimate of drug-likeness (QED) is 0.849. The Labute approximate surface area is 156 Å². The number of likely N-dealkylation sites (tertiary alicyclic amines) is 1. The Bertz CT molecular complexity index is 748. The fraction of sp³-hybridized carbons (Fsp3) is 0.471. The van der Waals surface area contributed by atoms with Crippen LogP contribution in [0.2, 0.25) is 10.0 Å². The topological polar surface area (TPSA) is 73.9 Å². The number of aryl methyl sites for hydroxylation is 1. The van der Waals surface area contributed by atoms with Gasteiger partial charge in [0.2, 0.25) is 0 Å². The fourth-order valence-electron chi connectivity index (χ4n) is 3.06. The SMILES string of the molecule is Cc1nc([C@H]2CCCN(C(=O)NCCc3ccc(Cl)cc3Cl)C2)n[nH]1. The number of hydrogen-bond acceptors (Lipinski definition) is 3. The van der Waals surface area contributed by atoms with Gasteiger partial charge < -0.3 is 10.2 Å². The summed E-state index contributed by atoms with van der Waals surface area (Å²) in [6.07, 6.45) is 2.62. The number of aromatic nitrogens is 3. The van der Waals surface area contributed by atoms with Gasteiger partial charge in [-0.2, -0.15) is 5.10 Å². The predicted molar refractivity (Wildman–Crippen MR) is 98.2 cm³/mol. The molecule has 0 bridgehead atoms. The predicted octanol–water partition coefficient (Wildman–Crippen LogP) is 3.55. The molecule has 0 radical (unpaired) electrons. The van der Waals surface area contributed by atoms with Gasteiger partial charge in [0.25, 0.3) is 0 Å². The number of benzene rings is 1. The van der Waals surface area contributed by atoms with Gasteiger partial charge in [0.15, 0.2) is 5.82 Å². The highest BCUT2D eigenvalue weighted by Crippen LogP contribution is 2.24. The molecule has 8 heteroatoms. The Kier molecular flexibility index (Phi) is 5.81. The second-order valence-corrected chi connectivity index (χ2v) is 7.13. The van der Waals surface area contributed by atoms with Crippen LogP contribution in [-0.4, -0.2) is 45.7 Å². The minimum absolute atomic E-state index is 0.0537. The van der Waals surface area contributed by atoms with E-state index in [4.69, 9.17) is 23.2 Å². The van der Waals surface area contributed by atoms with E-state index in [2.05, 4.69) is 20.5 Å².